The van der Waals surface area contributed by atoms with Gasteiger partial charge in [-0.15, -0.1) is 6.58 Å². The fourth-order valence-electron chi connectivity index (χ4n) is 5.67. The molecule has 2 heteroatoms. The molecule has 2 nitrogen and oxygen atoms in total. The molecule has 0 aromatic heterocycles. The number of ether oxygens (including phenoxy) is 1. The van der Waals surface area contributed by atoms with E-state index in [0.29, 0.717) is 5.92 Å². The van der Waals surface area contributed by atoms with E-state index in [1.54, 1.807) is 0 Å². The molecule has 38 heavy (non-hydrogen) atoms. The lowest BCUT2D eigenvalue weighted by molar-refractivity contribution is -0.120. The lowest BCUT2D eigenvalue weighted by Gasteiger charge is -2.21. The third-order valence-electron chi connectivity index (χ3n) is 8.52. The molecule has 1 heterocycles. The Morgan fingerprint density at radius 3 is 2.66 bits per heavy atom. The van der Waals surface area contributed by atoms with Crippen LogP contribution in [0, 0.1) is 30.6 Å². The Morgan fingerprint density at radius 2 is 1.92 bits per heavy atom. The fraction of sp³-hybridized carbons (Fsp3) is 0.528. The van der Waals surface area contributed by atoms with Gasteiger partial charge >= 0.3 is 0 Å². The molecule has 0 saturated carbocycles. The van der Waals surface area contributed by atoms with Crippen molar-refractivity contribution in [2.24, 2.45) is 23.7 Å². The summed E-state index contributed by atoms with van der Waals surface area (Å²) in [7, 11) is 0. The van der Waals surface area contributed by atoms with Crippen LogP contribution in [0.4, 0.5) is 0 Å². The van der Waals surface area contributed by atoms with Gasteiger partial charge in [0.25, 0.3) is 0 Å². The van der Waals surface area contributed by atoms with Crippen molar-refractivity contribution in [1.29, 1.82) is 0 Å². The van der Waals surface area contributed by atoms with Crippen molar-refractivity contribution >= 4 is 5.78 Å². The molecule has 0 N–H and O–H groups in total. The van der Waals surface area contributed by atoms with Gasteiger partial charge in [0.15, 0.2) is 5.78 Å². The Labute approximate surface area is 232 Å². The average Bonchev–Trinajstić information content (AvgIpc) is 3.20. The number of hydrogen-bond donors (Lipinski definition) is 0. The maximum absolute atomic E-state index is 13.5. The van der Waals surface area contributed by atoms with Crippen LogP contribution in [0.25, 0.3) is 11.1 Å². The molecule has 0 bridgehead atoms. The first-order valence-corrected chi connectivity index (χ1v) is 14.9. The molecule has 0 spiro atoms. The maximum Gasteiger partial charge on any atom is 0.161 e. The summed E-state index contributed by atoms with van der Waals surface area (Å²) in [4.78, 5) is 13.5. The molecule has 0 aliphatic carbocycles. The molecule has 2 aromatic carbocycles. The minimum Gasteiger partial charge on any atom is -0.381 e. The normalized spacial score (nSPS) is 18.2. The molecule has 2 aromatic rings. The molecule has 3 atom stereocenters. The number of rotatable bonds is 13. The van der Waals surface area contributed by atoms with Crippen molar-refractivity contribution in [3.05, 3.63) is 83.5 Å². The second-order valence-electron chi connectivity index (χ2n) is 11.7. The summed E-state index contributed by atoms with van der Waals surface area (Å²) in [6.07, 6.45) is 12.9. The maximum atomic E-state index is 13.5. The lowest BCUT2D eigenvalue weighted by atomic mass is 9.82. The fourth-order valence-corrected chi connectivity index (χ4v) is 5.67. The van der Waals surface area contributed by atoms with Gasteiger partial charge in [0, 0.05) is 19.1 Å². The van der Waals surface area contributed by atoms with E-state index in [4.69, 9.17) is 4.74 Å². The van der Waals surface area contributed by atoms with Gasteiger partial charge in [0.1, 0.15) is 0 Å². The Hall–Kier alpha value is -2.45. The van der Waals surface area contributed by atoms with E-state index < -0.39 is 0 Å². The van der Waals surface area contributed by atoms with Crippen LogP contribution in [0.1, 0.15) is 82.9 Å². The highest BCUT2D eigenvalue weighted by atomic mass is 16.5. The van der Waals surface area contributed by atoms with Gasteiger partial charge in [-0.05, 0) is 116 Å². The first kappa shape index (κ1) is 30.1. The third kappa shape index (κ3) is 8.80. The van der Waals surface area contributed by atoms with Gasteiger partial charge in [-0.1, -0.05) is 75.4 Å². The number of aryl methyl sites for hydroxylation is 2. The Bertz CT molecular complexity index is 1070. The number of allylic oxidation sites excluding steroid dienone is 3. The topological polar surface area (TPSA) is 26.3 Å². The Balaban J connectivity index is 1.74. The number of hydrogen-bond acceptors (Lipinski definition) is 2. The van der Waals surface area contributed by atoms with E-state index in [2.05, 4.69) is 82.8 Å². The van der Waals surface area contributed by atoms with E-state index in [1.165, 1.54) is 53.5 Å². The van der Waals surface area contributed by atoms with Gasteiger partial charge in [0.2, 0.25) is 0 Å². The summed E-state index contributed by atoms with van der Waals surface area (Å²) in [5.41, 5.74) is 7.40. The molecule has 1 aliphatic rings. The van der Waals surface area contributed by atoms with Crippen LogP contribution in [0.15, 0.2) is 66.8 Å². The van der Waals surface area contributed by atoms with Crippen molar-refractivity contribution in [2.75, 3.05) is 13.2 Å². The largest absolute Gasteiger partial charge is 0.381 e. The standard InChI is InChI=1S/C36H50O2/c1-7-29(8-2)16-15-28(6)36(37)34(26(3)4)24-32-17-14-27(5)35(25-32)33-13-9-11-31(23-33)19-18-30-12-10-21-38-22-20-30/h7,9,11,13-15,17,23,25-26,29-30,34H,1,8,10,12,16,18-22,24H2,2-6H3/b28-15+. The summed E-state index contributed by atoms with van der Waals surface area (Å²) in [6.45, 7) is 16.5. The number of carbonyl (C=O) groups is 1. The first-order chi connectivity index (χ1) is 18.3. The Morgan fingerprint density at radius 1 is 1.11 bits per heavy atom. The summed E-state index contributed by atoms with van der Waals surface area (Å²) >= 11 is 0. The molecular formula is C36H50O2. The zero-order valence-corrected chi connectivity index (χ0v) is 24.6. The number of carbonyl (C=O) groups excluding carboxylic acids is 1. The van der Waals surface area contributed by atoms with Gasteiger partial charge in [-0.25, -0.2) is 0 Å². The van der Waals surface area contributed by atoms with Crippen LogP contribution >= 0.6 is 0 Å². The number of ketones is 1. The van der Waals surface area contributed by atoms with Crippen LogP contribution in [-0.4, -0.2) is 19.0 Å². The smallest absolute Gasteiger partial charge is 0.161 e. The van der Waals surface area contributed by atoms with Crippen LogP contribution < -0.4 is 0 Å². The van der Waals surface area contributed by atoms with E-state index in [9.17, 15) is 4.79 Å². The molecule has 1 fully saturated rings. The second-order valence-corrected chi connectivity index (χ2v) is 11.7. The van der Waals surface area contributed by atoms with Crippen molar-refractivity contribution < 1.29 is 9.53 Å². The number of Topliss-reactive ketones (excluding diaryl/α,β-unsaturated/α-hetero) is 1. The van der Waals surface area contributed by atoms with Gasteiger partial charge in [0.05, 0.1) is 0 Å². The SMILES string of the molecule is C=CC(CC)C/C=C(\C)C(=O)C(Cc1ccc(C)c(-c2cccc(CCC3CCCOCC3)c2)c1)C(C)C. The molecule has 0 radical (unpaired) electrons. The zero-order chi connectivity index (χ0) is 27.5. The summed E-state index contributed by atoms with van der Waals surface area (Å²) in [6, 6.07) is 15.8. The van der Waals surface area contributed by atoms with Crippen LogP contribution in [-0.2, 0) is 22.4 Å². The molecule has 0 amide bonds. The van der Waals surface area contributed by atoms with Crippen molar-refractivity contribution in [3.63, 3.8) is 0 Å². The summed E-state index contributed by atoms with van der Waals surface area (Å²) in [5.74, 6) is 1.77. The van der Waals surface area contributed by atoms with Gasteiger partial charge in [-0.2, -0.15) is 0 Å². The highest BCUT2D eigenvalue weighted by molar-refractivity contribution is 5.97. The van der Waals surface area contributed by atoms with E-state index >= 15 is 0 Å². The van der Waals surface area contributed by atoms with E-state index in [1.807, 2.05) is 13.0 Å². The van der Waals surface area contributed by atoms with E-state index in [-0.39, 0.29) is 17.6 Å². The quantitative estimate of drug-likeness (QED) is 0.197. The highest BCUT2D eigenvalue weighted by Gasteiger charge is 2.24. The van der Waals surface area contributed by atoms with Crippen molar-refractivity contribution in [1.82, 2.24) is 0 Å². The lowest BCUT2D eigenvalue weighted by Crippen LogP contribution is -2.23. The summed E-state index contributed by atoms with van der Waals surface area (Å²) < 4.78 is 5.65. The van der Waals surface area contributed by atoms with Crippen LogP contribution in [0.2, 0.25) is 0 Å². The monoisotopic (exact) mass is 514 g/mol. The molecular weight excluding hydrogens is 464 g/mol. The zero-order valence-electron chi connectivity index (χ0n) is 24.6. The van der Waals surface area contributed by atoms with Gasteiger partial charge in [-0.3, -0.25) is 4.79 Å². The minimum atomic E-state index is -0.0134. The third-order valence-corrected chi connectivity index (χ3v) is 8.52. The second kappa shape index (κ2) is 15.2. The van der Waals surface area contributed by atoms with Crippen LogP contribution in [0.3, 0.4) is 0 Å². The first-order valence-electron chi connectivity index (χ1n) is 14.9. The molecule has 3 rings (SSSR count). The van der Waals surface area contributed by atoms with E-state index in [0.717, 1.165) is 50.4 Å². The average molecular weight is 515 g/mol. The minimum absolute atomic E-state index is 0.0134. The highest BCUT2D eigenvalue weighted by Crippen LogP contribution is 2.30. The predicted octanol–water partition coefficient (Wildman–Crippen LogP) is 9.34. The molecule has 1 aliphatic heterocycles. The van der Waals surface area contributed by atoms with Crippen LogP contribution in [0.5, 0.6) is 0 Å². The molecule has 3 unspecified atom stereocenters. The summed E-state index contributed by atoms with van der Waals surface area (Å²) in [5, 5.41) is 0. The van der Waals surface area contributed by atoms with Gasteiger partial charge < -0.3 is 4.74 Å². The number of benzene rings is 2. The predicted molar refractivity (Wildman–Crippen MR) is 162 cm³/mol. The Kier molecular flexibility index (Phi) is 12.1. The molecule has 1 saturated heterocycles. The van der Waals surface area contributed by atoms with Crippen molar-refractivity contribution in [3.8, 4) is 11.1 Å². The molecule has 206 valence electrons. The van der Waals surface area contributed by atoms with Crippen molar-refractivity contribution in [2.45, 2.75) is 86.0 Å².